The summed E-state index contributed by atoms with van der Waals surface area (Å²) in [4.78, 5) is 12.8. The minimum Gasteiger partial charge on any atom is -0.354 e. The molecule has 2 aromatic heterocycles. The van der Waals surface area contributed by atoms with Gasteiger partial charge in [0.2, 0.25) is 5.89 Å². The highest BCUT2D eigenvalue weighted by molar-refractivity contribution is 6.35. The van der Waals surface area contributed by atoms with Crippen molar-refractivity contribution < 1.29 is 17.7 Å². The van der Waals surface area contributed by atoms with Gasteiger partial charge >= 0.3 is 6.18 Å². The number of hydrogen-bond acceptors (Lipinski definition) is 7. The Morgan fingerprint density at radius 1 is 1.08 bits per heavy atom. The molecule has 1 aliphatic carbocycles. The molecule has 0 radical (unpaired) electrons. The summed E-state index contributed by atoms with van der Waals surface area (Å²) in [7, 11) is 0. The van der Waals surface area contributed by atoms with Crippen LogP contribution in [0.1, 0.15) is 35.7 Å². The van der Waals surface area contributed by atoms with Crippen molar-refractivity contribution in [1.82, 2.24) is 20.0 Å². The number of rotatable bonds is 7. The Labute approximate surface area is 216 Å². The first-order valence-corrected chi connectivity index (χ1v) is 12.4. The van der Waals surface area contributed by atoms with Gasteiger partial charge in [0, 0.05) is 61.4 Å². The van der Waals surface area contributed by atoms with Gasteiger partial charge < -0.3 is 15.2 Å². The molecule has 1 atom stereocenters. The first-order chi connectivity index (χ1) is 17.1. The fourth-order valence-corrected chi connectivity index (χ4v) is 5.26. The highest BCUT2D eigenvalue weighted by Gasteiger charge is 2.51. The summed E-state index contributed by atoms with van der Waals surface area (Å²) in [6, 6.07) is 7.73. The maximum absolute atomic E-state index is 12.8. The largest absolute Gasteiger partial charge is 0.417 e. The van der Waals surface area contributed by atoms with E-state index in [2.05, 4.69) is 20.0 Å². The van der Waals surface area contributed by atoms with Crippen molar-refractivity contribution in [1.29, 1.82) is 0 Å². The summed E-state index contributed by atoms with van der Waals surface area (Å²) in [5.74, 6) is 1.65. The second-order valence-electron chi connectivity index (χ2n) is 9.37. The SMILES string of the molecule is NC(Cc1nc(C2(c3ccc(Cl)cc3Cl)CC2)no1)CN1CCN(c2ccc(C(F)(F)F)cn2)CC1. The normalized spacial score (nSPS) is 18.9. The molecule has 1 aliphatic heterocycles. The molecule has 3 aromatic rings. The van der Waals surface area contributed by atoms with Crippen LogP contribution < -0.4 is 10.6 Å². The summed E-state index contributed by atoms with van der Waals surface area (Å²) < 4.78 is 43.8. The Morgan fingerprint density at radius 3 is 2.44 bits per heavy atom. The molecule has 2 aliphatic rings. The van der Waals surface area contributed by atoms with Gasteiger partial charge in [-0.15, -0.1) is 0 Å². The Balaban J connectivity index is 1.14. The average Bonchev–Trinajstić information content (AvgIpc) is 3.50. The van der Waals surface area contributed by atoms with Crippen LogP contribution >= 0.6 is 23.2 Å². The van der Waals surface area contributed by atoms with Crippen LogP contribution in [-0.2, 0) is 18.0 Å². The van der Waals surface area contributed by atoms with E-state index in [1.807, 2.05) is 17.0 Å². The lowest BCUT2D eigenvalue weighted by Crippen LogP contribution is -2.50. The zero-order chi connectivity index (χ0) is 25.5. The second kappa shape index (κ2) is 9.81. The first-order valence-electron chi connectivity index (χ1n) is 11.7. The Bertz CT molecular complexity index is 1210. The van der Waals surface area contributed by atoms with Crippen molar-refractivity contribution >= 4 is 29.0 Å². The molecule has 1 saturated heterocycles. The predicted molar refractivity (Wildman–Crippen MR) is 130 cm³/mol. The number of benzene rings is 1. The Kier molecular flexibility index (Phi) is 6.88. The monoisotopic (exact) mass is 540 g/mol. The minimum absolute atomic E-state index is 0.205. The van der Waals surface area contributed by atoms with E-state index in [-0.39, 0.29) is 11.5 Å². The predicted octanol–water partition coefficient (Wildman–Crippen LogP) is 4.56. The maximum Gasteiger partial charge on any atom is 0.417 e. The third kappa shape index (κ3) is 5.32. The van der Waals surface area contributed by atoms with Gasteiger partial charge in [-0.1, -0.05) is 34.4 Å². The topological polar surface area (TPSA) is 84.3 Å². The van der Waals surface area contributed by atoms with E-state index in [1.54, 1.807) is 6.07 Å². The van der Waals surface area contributed by atoms with E-state index in [4.69, 9.17) is 33.5 Å². The number of nitrogens with zero attached hydrogens (tertiary/aromatic N) is 5. The number of piperazine rings is 1. The van der Waals surface area contributed by atoms with Gasteiger partial charge in [-0.2, -0.15) is 18.2 Å². The smallest absolute Gasteiger partial charge is 0.354 e. The number of nitrogens with two attached hydrogens (primary N) is 1. The molecule has 0 bridgehead atoms. The van der Waals surface area contributed by atoms with Crippen LogP contribution in [-0.4, -0.2) is 58.8 Å². The number of alkyl halides is 3. The van der Waals surface area contributed by atoms with Crippen molar-refractivity contribution in [2.24, 2.45) is 5.73 Å². The molecule has 36 heavy (non-hydrogen) atoms. The molecule has 12 heteroatoms. The molecule has 192 valence electrons. The molecule has 0 amide bonds. The Morgan fingerprint density at radius 2 is 1.83 bits per heavy atom. The summed E-state index contributed by atoms with van der Waals surface area (Å²) in [6.07, 6.45) is -1.29. The molecule has 7 nitrogen and oxygen atoms in total. The van der Waals surface area contributed by atoms with Crippen LogP contribution in [0.2, 0.25) is 10.0 Å². The van der Waals surface area contributed by atoms with Crippen LogP contribution in [0.3, 0.4) is 0 Å². The minimum atomic E-state index is -4.39. The van der Waals surface area contributed by atoms with Crippen molar-refractivity contribution in [3.05, 3.63) is 69.4 Å². The summed E-state index contributed by atoms with van der Waals surface area (Å²) in [5, 5.41) is 5.39. The highest BCUT2D eigenvalue weighted by atomic mass is 35.5. The highest BCUT2D eigenvalue weighted by Crippen LogP contribution is 2.54. The van der Waals surface area contributed by atoms with Crippen molar-refractivity contribution in [2.45, 2.75) is 36.9 Å². The molecule has 2 N–H and O–H groups in total. The molecular weight excluding hydrogens is 516 g/mol. The quantitative estimate of drug-likeness (QED) is 0.470. The summed E-state index contributed by atoms with van der Waals surface area (Å²) in [5.41, 5.74) is 6.25. The van der Waals surface area contributed by atoms with Crippen LogP contribution in [0.4, 0.5) is 19.0 Å². The van der Waals surface area contributed by atoms with Gasteiger partial charge in [0.25, 0.3) is 0 Å². The third-order valence-electron chi connectivity index (χ3n) is 6.79. The van der Waals surface area contributed by atoms with Gasteiger partial charge in [-0.25, -0.2) is 4.98 Å². The molecule has 5 rings (SSSR count). The van der Waals surface area contributed by atoms with Gasteiger partial charge in [0.1, 0.15) is 5.82 Å². The molecule has 1 saturated carbocycles. The zero-order valence-corrected chi connectivity index (χ0v) is 20.8. The van der Waals surface area contributed by atoms with E-state index in [9.17, 15) is 13.2 Å². The van der Waals surface area contributed by atoms with Crippen molar-refractivity contribution in [3.8, 4) is 0 Å². The number of halogens is 5. The van der Waals surface area contributed by atoms with Crippen LogP contribution in [0, 0.1) is 0 Å². The standard InChI is InChI=1S/C24H25Cl2F3N6O/c25-16-2-3-18(19(26)11-16)23(5-6-23)22-32-21(36-33-22)12-17(30)14-34-7-9-35(10-8-34)20-4-1-15(13-31-20)24(27,28)29/h1-4,11,13,17H,5-10,12,14,30H2. The molecule has 2 fully saturated rings. The van der Waals surface area contributed by atoms with Crippen LogP contribution in [0.5, 0.6) is 0 Å². The average molecular weight is 541 g/mol. The van der Waals surface area contributed by atoms with Crippen LogP contribution in [0.15, 0.2) is 41.1 Å². The zero-order valence-electron chi connectivity index (χ0n) is 19.3. The van der Waals surface area contributed by atoms with E-state index in [1.165, 1.54) is 6.07 Å². The number of hydrogen-bond donors (Lipinski definition) is 1. The van der Waals surface area contributed by atoms with Gasteiger partial charge in [-0.05, 0) is 42.7 Å². The summed E-state index contributed by atoms with van der Waals surface area (Å²) >= 11 is 12.5. The second-order valence-corrected chi connectivity index (χ2v) is 10.2. The number of pyridine rings is 1. The lowest BCUT2D eigenvalue weighted by atomic mass is 9.95. The van der Waals surface area contributed by atoms with Gasteiger partial charge in [0.05, 0.1) is 11.0 Å². The van der Waals surface area contributed by atoms with Crippen LogP contribution in [0.25, 0.3) is 0 Å². The molecule has 0 spiro atoms. The Hall–Kier alpha value is -2.40. The van der Waals surface area contributed by atoms with E-state index < -0.39 is 11.7 Å². The first kappa shape index (κ1) is 25.3. The third-order valence-corrected chi connectivity index (χ3v) is 7.34. The molecule has 3 heterocycles. The maximum atomic E-state index is 12.8. The van der Waals surface area contributed by atoms with Gasteiger partial charge in [-0.3, -0.25) is 4.90 Å². The summed E-state index contributed by atoms with van der Waals surface area (Å²) in [6.45, 7) is 3.40. The molecule has 1 aromatic carbocycles. The number of aromatic nitrogens is 3. The van der Waals surface area contributed by atoms with Gasteiger partial charge in [0.15, 0.2) is 5.82 Å². The lowest BCUT2D eigenvalue weighted by molar-refractivity contribution is -0.137. The molecular formula is C24H25Cl2F3N6O. The van der Waals surface area contributed by atoms with E-state index >= 15 is 0 Å². The number of anilines is 1. The van der Waals surface area contributed by atoms with Crippen molar-refractivity contribution in [2.75, 3.05) is 37.6 Å². The van der Waals surface area contributed by atoms with E-state index in [0.717, 1.165) is 43.8 Å². The lowest BCUT2D eigenvalue weighted by Gasteiger charge is -2.36. The molecule has 1 unspecified atom stereocenters. The fourth-order valence-electron chi connectivity index (χ4n) is 4.67. The van der Waals surface area contributed by atoms with Crippen molar-refractivity contribution in [3.63, 3.8) is 0 Å². The van der Waals surface area contributed by atoms with E-state index in [0.29, 0.717) is 53.6 Å². The fraction of sp³-hybridized carbons (Fsp3) is 0.458.